The Morgan fingerprint density at radius 1 is 1.00 bits per heavy atom. The minimum Gasteiger partial charge on any atom is -0.379 e. The number of ether oxygens (including phenoxy) is 1. The van der Waals surface area contributed by atoms with Crippen molar-refractivity contribution < 1.29 is 17.9 Å². The Kier molecular flexibility index (Phi) is 8.16. The van der Waals surface area contributed by atoms with Crippen molar-refractivity contribution in [2.24, 2.45) is 0 Å². The Bertz CT molecular complexity index is 1050. The van der Waals surface area contributed by atoms with Crippen molar-refractivity contribution in [1.82, 2.24) is 14.5 Å². The van der Waals surface area contributed by atoms with Crippen LogP contribution >= 0.6 is 11.6 Å². The predicted octanol–water partition coefficient (Wildman–Crippen LogP) is 2.97. The third-order valence-corrected chi connectivity index (χ3v) is 8.51. The van der Waals surface area contributed by atoms with E-state index in [0.717, 1.165) is 23.7 Å². The molecule has 2 aromatic rings. The average molecular weight is 492 g/mol. The minimum atomic E-state index is -3.57. The summed E-state index contributed by atoms with van der Waals surface area (Å²) in [6.07, 6.45) is 2.33. The third-order valence-electron chi connectivity index (χ3n) is 6.25. The monoisotopic (exact) mass is 491 g/mol. The van der Waals surface area contributed by atoms with E-state index in [-0.39, 0.29) is 23.3 Å². The number of Topliss-reactive ketones (excluding diaryl/α,β-unsaturated/α-hetero) is 1. The number of hydrogen-bond acceptors (Lipinski definition) is 6. The SMILES string of the molecule is O=C(CNCC(c1ccccc1Cl)N1CCCC1)c1ccc(S(=O)(=O)N2CCOCC2)cc1. The van der Waals surface area contributed by atoms with E-state index < -0.39 is 10.0 Å². The molecule has 0 bridgehead atoms. The van der Waals surface area contributed by atoms with Gasteiger partial charge >= 0.3 is 0 Å². The van der Waals surface area contributed by atoms with Crippen molar-refractivity contribution in [1.29, 1.82) is 0 Å². The van der Waals surface area contributed by atoms with Gasteiger partial charge in [-0.25, -0.2) is 8.42 Å². The van der Waals surface area contributed by atoms with Crippen molar-refractivity contribution in [2.45, 2.75) is 23.8 Å². The summed E-state index contributed by atoms with van der Waals surface area (Å²) in [5.41, 5.74) is 1.55. The molecule has 0 spiro atoms. The Labute approximate surface area is 200 Å². The summed E-state index contributed by atoms with van der Waals surface area (Å²) < 4.78 is 32.2. The highest BCUT2D eigenvalue weighted by molar-refractivity contribution is 7.89. The van der Waals surface area contributed by atoms with E-state index in [0.29, 0.717) is 38.4 Å². The predicted molar refractivity (Wildman–Crippen MR) is 128 cm³/mol. The van der Waals surface area contributed by atoms with Crippen LogP contribution in [-0.2, 0) is 14.8 Å². The molecule has 2 saturated heterocycles. The summed E-state index contributed by atoms with van der Waals surface area (Å²) in [5.74, 6) is -0.0790. The molecule has 1 unspecified atom stereocenters. The van der Waals surface area contributed by atoms with Gasteiger partial charge in [0, 0.05) is 36.3 Å². The van der Waals surface area contributed by atoms with Gasteiger partial charge in [0.2, 0.25) is 10.0 Å². The van der Waals surface area contributed by atoms with Crippen LogP contribution in [0.4, 0.5) is 0 Å². The highest BCUT2D eigenvalue weighted by Gasteiger charge is 2.27. The standard InChI is InChI=1S/C24H30ClN3O4S/c25-22-6-2-1-5-21(22)23(27-11-3-4-12-27)17-26-18-24(29)19-7-9-20(10-8-19)33(30,31)28-13-15-32-16-14-28/h1-2,5-10,23,26H,3-4,11-18H2. The lowest BCUT2D eigenvalue weighted by atomic mass is 10.0. The molecule has 2 aromatic carbocycles. The van der Waals surface area contributed by atoms with E-state index in [2.05, 4.69) is 10.2 Å². The van der Waals surface area contributed by atoms with Gasteiger partial charge in [-0.3, -0.25) is 9.69 Å². The van der Waals surface area contributed by atoms with Gasteiger partial charge in [-0.1, -0.05) is 41.9 Å². The van der Waals surface area contributed by atoms with Crippen LogP contribution in [-0.4, -0.2) is 75.9 Å². The fraction of sp³-hybridized carbons (Fsp3) is 0.458. The number of carbonyl (C=O) groups excluding carboxylic acids is 1. The van der Waals surface area contributed by atoms with Crippen LogP contribution in [0.5, 0.6) is 0 Å². The number of carbonyl (C=O) groups is 1. The maximum absolute atomic E-state index is 12.8. The fourth-order valence-electron chi connectivity index (χ4n) is 4.41. The fourth-order valence-corrected chi connectivity index (χ4v) is 6.08. The molecule has 1 N–H and O–H groups in total. The van der Waals surface area contributed by atoms with Gasteiger partial charge in [-0.2, -0.15) is 4.31 Å². The summed E-state index contributed by atoms with van der Waals surface area (Å²) in [7, 11) is -3.57. The molecule has 178 valence electrons. The summed E-state index contributed by atoms with van der Waals surface area (Å²) in [4.78, 5) is 15.3. The Morgan fingerprint density at radius 2 is 1.67 bits per heavy atom. The van der Waals surface area contributed by atoms with E-state index in [1.165, 1.54) is 29.3 Å². The van der Waals surface area contributed by atoms with Gasteiger partial charge in [0.25, 0.3) is 0 Å². The van der Waals surface area contributed by atoms with Crippen molar-refractivity contribution in [3.63, 3.8) is 0 Å². The molecule has 0 saturated carbocycles. The van der Waals surface area contributed by atoms with Gasteiger partial charge in [0.15, 0.2) is 5.78 Å². The van der Waals surface area contributed by atoms with Crippen LogP contribution in [0, 0.1) is 0 Å². The second-order valence-corrected chi connectivity index (χ2v) is 10.7. The van der Waals surface area contributed by atoms with Crippen LogP contribution < -0.4 is 5.32 Å². The molecule has 2 heterocycles. The highest BCUT2D eigenvalue weighted by Crippen LogP contribution is 2.29. The molecule has 0 radical (unpaired) electrons. The van der Waals surface area contributed by atoms with E-state index >= 15 is 0 Å². The van der Waals surface area contributed by atoms with E-state index in [1.807, 2.05) is 24.3 Å². The first-order valence-corrected chi connectivity index (χ1v) is 13.2. The molecule has 0 aromatic heterocycles. The zero-order chi connectivity index (χ0) is 23.3. The summed E-state index contributed by atoms with van der Waals surface area (Å²) in [6, 6.07) is 14.2. The minimum absolute atomic E-state index is 0.0790. The maximum atomic E-state index is 12.8. The molecule has 0 amide bonds. The first kappa shape index (κ1) is 24.3. The molecule has 9 heteroatoms. The lowest BCUT2D eigenvalue weighted by Gasteiger charge is -2.29. The summed E-state index contributed by atoms with van der Waals surface area (Å²) >= 11 is 6.46. The zero-order valence-corrected chi connectivity index (χ0v) is 20.2. The number of nitrogens with one attached hydrogen (secondary N) is 1. The molecule has 4 rings (SSSR count). The topological polar surface area (TPSA) is 79.0 Å². The van der Waals surface area contributed by atoms with Crippen molar-refractivity contribution in [3.8, 4) is 0 Å². The number of sulfonamides is 1. The lowest BCUT2D eigenvalue weighted by Crippen LogP contribution is -2.40. The Balaban J connectivity index is 1.37. The third kappa shape index (κ3) is 5.82. The number of ketones is 1. The number of morpholine rings is 1. The van der Waals surface area contributed by atoms with Gasteiger partial charge in [0.1, 0.15) is 0 Å². The van der Waals surface area contributed by atoms with Crippen LogP contribution in [0.25, 0.3) is 0 Å². The normalized spacial score (nSPS) is 18.9. The number of nitrogens with zero attached hydrogens (tertiary/aromatic N) is 2. The first-order valence-electron chi connectivity index (χ1n) is 11.4. The Morgan fingerprint density at radius 3 is 2.33 bits per heavy atom. The Hall–Kier alpha value is -1.81. The molecule has 1 atom stereocenters. The lowest BCUT2D eigenvalue weighted by molar-refractivity contribution is 0.0730. The van der Waals surface area contributed by atoms with E-state index in [1.54, 1.807) is 12.1 Å². The number of benzene rings is 2. The molecule has 2 aliphatic rings. The molecular formula is C24H30ClN3O4S. The highest BCUT2D eigenvalue weighted by atomic mass is 35.5. The number of halogens is 1. The van der Waals surface area contributed by atoms with Gasteiger partial charge in [-0.05, 0) is 49.7 Å². The van der Waals surface area contributed by atoms with Crippen molar-refractivity contribution in [3.05, 3.63) is 64.7 Å². The second kappa shape index (κ2) is 11.1. The molecule has 7 nitrogen and oxygen atoms in total. The van der Waals surface area contributed by atoms with Gasteiger partial charge in [-0.15, -0.1) is 0 Å². The molecule has 2 fully saturated rings. The van der Waals surface area contributed by atoms with Crippen LogP contribution in [0.1, 0.15) is 34.8 Å². The van der Waals surface area contributed by atoms with Gasteiger partial charge in [0.05, 0.1) is 24.7 Å². The van der Waals surface area contributed by atoms with Crippen molar-refractivity contribution >= 4 is 27.4 Å². The molecule has 2 aliphatic heterocycles. The first-order chi connectivity index (χ1) is 16.0. The quantitative estimate of drug-likeness (QED) is 0.543. The average Bonchev–Trinajstić information content (AvgIpc) is 3.38. The number of hydrogen-bond donors (Lipinski definition) is 1. The molecular weight excluding hydrogens is 462 g/mol. The smallest absolute Gasteiger partial charge is 0.243 e. The van der Waals surface area contributed by atoms with Crippen LogP contribution in [0.2, 0.25) is 5.02 Å². The largest absolute Gasteiger partial charge is 0.379 e. The summed E-state index contributed by atoms with van der Waals surface area (Å²) in [5, 5.41) is 4.03. The molecule has 0 aliphatic carbocycles. The van der Waals surface area contributed by atoms with E-state index in [4.69, 9.17) is 16.3 Å². The van der Waals surface area contributed by atoms with Gasteiger partial charge < -0.3 is 10.1 Å². The molecule has 33 heavy (non-hydrogen) atoms. The number of rotatable bonds is 9. The van der Waals surface area contributed by atoms with Crippen molar-refractivity contribution in [2.75, 3.05) is 52.5 Å². The van der Waals surface area contributed by atoms with Crippen LogP contribution in [0.15, 0.2) is 53.4 Å². The summed E-state index contributed by atoms with van der Waals surface area (Å²) in [6.45, 7) is 4.30. The maximum Gasteiger partial charge on any atom is 0.243 e. The number of likely N-dealkylation sites (tertiary alicyclic amines) is 1. The zero-order valence-electron chi connectivity index (χ0n) is 18.6. The van der Waals surface area contributed by atoms with E-state index in [9.17, 15) is 13.2 Å². The van der Waals surface area contributed by atoms with Crippen LogP contribution in [0.3, 0.4) is 0 Å². The second-order valence-electron chi connectivity index (χ2n) is 8.38.